The summed E-state index contributed by atoms with van der Waals surface area (Å²) in [6.07, 6.45) is 1.66. The SMILES string of the molecule is O=C(O)c1cccn1-c1ccccc1CO. The number of nitrogens with zero attached hydrogens (tertiary/aromatic N) is 1. The standard InChI is InChI=1S/C12H11NO3/c14-8-9-4-1-2-5-10(9)13-7-3-6-11(13)12(15)16/h1-7,14H,8H2,(H,15,16). The van der Waals surface area contributed by atoms with Crippen LogP contribution in [0.4, 0.5) is 0 Å². The maximum Gasteiger partial charge on any atom is 0.352 e. The van der Waals surface area contributed by atoms with E-state index in [1.165, 1.54) is 6.07 Å². The molecule has 0 amide bonds. The number of hydrogen-bond donors (Lipinski definition) is 2. The highest BCUT2D eigenvalue weighted by atomic mass is 16.4. The number of aliphatic hydroxyl groups is 1. The lowest BCUT2D eigenvalue weighted by Crippen LogP contribution is -2.07. The molecule has 0 aliphatic heterocycles. The quantitative estimate of drug-likeness (QED) is 0.822. The van der Waals surface area contributed by atoms with E-state index in [-0.39, 0.29) is 12.3 Å². The molecule has 0 aliphatic carbocycles. The van der Waals surface area contributed by atoms with Crippen LogP contribution in [0.25, 0.3) is 5.69 Å². The normalized spacial score (nSPS) is 10.3. The molecule has 1 aromatic heterocycles. The van der Waals surface area contributed by atoms with Gasteiger partial charge in [-0.3, -0.25) is 0 Å². The van der Waals surface area contributed by atoms with E-state index in [0.29, 0.717) is 11.3 Å². The predicted molar refractivity (Wildman–Crippen MR) is 58.7 cm³/mol. The van der Waals surface area contributed by atoms with Gasteiger partial charge in [-0.15, -0.1) is 0 Å². The smallest absolute Gasteiger partial charge is 0.352 e. The first kappa shape index (κ1) is 10.4. The molecule has 0 spiro atoms. The molecule has 16 heavy (non-hydrogen) atoms. The van der Waals surface area contributed by atoms with Crippen LogP contribution in [0.15, 0.2) is 42.6 Å². The van der Waals surface area contributed by atoms with Crippen molar-refractivity contribution in [1.82, 2.24) is 4.57 Å². The molecule has 82 valence electrons. The van der Waals surface area contributed by atoms with Crippen molar-refractivity contribution in [1.29, 1.82) is 0 Å². The van der Waals surface area contributed by atoms with Gasteiger partial charge in [0, 0.05) is 11.8 Å². The Hall–Kier alpha value is -2.07. The minimum atomic E-state index is -0.988. The van der Waals surface area contributed by atoms with E-state index in [1.54, 1.807) is 41.1 Å². The summed E-state index contributed by atoms with van der Waals surface area (Å²) >= 11 is 0. The Balaban J connectivity index is 2.58. The van der Waals surface area contributed by atoms with Crippen LogP contribution in [-0.2, 0) is 6.61 Å². The summed E-state index contributed by atoms with van der Waals surface area (Å²) < 4.78 is 1.55. The Bertz CT molecular complexity index is 516. The number of aromatic nitrogens is 1. The fourth-order valence-corrected chi connectivity index (χ4v) is 1.64. The Morgan fingerprint density at radius 2 is 1.94 bits per heavy atom. The number of hydrogen-bond acceptors (Lipinski definition) is 2. The molecule has 0 aliphatic rings. The highest BCUT2D eigenvalue weighted by molar-refractivity contribution is 5.86. The average Bonchev–Trinajstić information content (AvgIpc) is 2.77. The summed E-state index contributed by atoms with van der Waals surface area (Å²) in [6, 6.07) is 10.3. The van der Waals surface area contributed by atoms with Crippen LogP contribution >= 0.6 is 0 Å². The molecule has 0 bridgehead atoms. The molecular formula is C12H11NO3. The lowest BCUT2D eigenvalue weighted by molar-refractivity contribution is 0.0688. The molecule has 0 radical (unpaired) electrons. The highest BCUT2D eigenvalue weighted by Gasteiger charge is 2.11. The van der Waals surface area contributed by atoms with Crippen molar-refractivity contribution in [2.24, 2.45) is 0 Å². The second kappa shape index (κ2) is 4.20. The van der Waals surface area contributed by atoms with Gasteiger partial charge in [-0.25, -0.2) is 4.79 Å². The minimum absolute atomic E-state index is 0.118. The predicted octanol–water partition coefficient (Wildman–Crippen LogP) is 1.67. The zero-order chi connectivity index (χ0) is 11.5. The first-order valence-electron chi connectivity index (χ1n) is 4.84. The number of carboxylic acids is 1. The summed E-state index contributed by atoms with van der Waals surface area (Å²) in [4.78, 5) is 11.0. The third-order valence-corrected chi connectivity index (χ3v) is 2.39. The van der Waals surface area contributed by atoms with Crippen LogP contribution in [0.2, 0.25) is 0 Å². The van der Waals surface area contributed by atoms with Crippen molar-refractivity contribution in [3.8, 4) is 5.69 Å². The van der Waals surface area contributed by atoms with E-state index in [4.69, 9.17) is 5.11 Å². The van der Waals surface area contributed by atoms with Crippen LogP contribution in [0.3, 0.4) is 0 Å². The maximum atomic E-state index is 11.0. The summed E-state index contributed by atoms with van der Waals surface area (Å²) in [5.41, 5.74) is 1.56. The van der Waals surface area contributed by atoms with Gasteiger partial charge in [0.25, 0.3) is 0 Å². The molecule has 0 unspecified atom stereocenters. The van der Waals surface area contributed by atoms with E-state index in [1.807, 2.05) is 0 Å². The fourth-order valence-electron chi connectivity index (χ4n) is 1.64. The second-order valence-electron chi connectivity index (χ2n) is 3.36. The zero-order valence-electron chi connectivity index (χ0n) is 8.50. The molecule has 2 rings (SSSR count). The first-order valence-corrected chi connectivity index (χ1v) is 4.84. The molecule has 2 N–H and O–H groups in total. The van der Waals surface area contributed by atoms with Gasteiger partial charge in [-0.1, -0.05) is 18.2 Å². The zero-order valence-corrected chi connectivity index (χ0v) is 8.50. The third kappa shape index (κ3) is 1.70. The van der Waals surface area contributed by atoms with Crippen molar-refractivity contribution in [2.75, 3.05) is 0 Å². The first-order chi connectivity index (χ1) is 7.74. The number of carbonyl (C=O) groups is 1. The third-order valence-electron chi connectivity index (χ3n) is 2.39. The maximum absolute atomic E-state index is 11.0. The van der Waals surface area contributed by atoms with E-state index in [0.717, 1.165) is 0 Å². The number of para-hydroxylation sites is 1. The Morgan fingerprint density at radius 3 is 2.62 bits per heavy atom. The average molecular weight is 217 g/mol. The van der Waals surface area contributed by atoms with Crippen molar-refractivity contribution < 1.29 is 15.0 Å². The molecule has 4 nitrogen and oxygen atoms in total. The summed E-state index contributed by atoms with van der Waals surface area (Å²) in [5.74, 6) is -0.988. The van der Waals surface area contributed by atoms with E-state index >= 15 is 0 Å². The van der Waals surface area contributed by atoms with Gasteiger partial charge >= 0.3 is 5.97 Å². The number of carboxylic acid groups (broad SMARTS) is 1. The fraction of sp³-hybridized carbons (Fsp3) is 0.0833. The van der Waals surface area contributed by atoms with Crippen molar-refractivity contribution in [3.63, 3.8) is 0 Å². The van der Waals surface area contributed by atoms with Gasteiger partial charge < -0.3 is 14.8 Å². The van der Waals surface area contributed by atoms with Gasteiger partial charge in [-0.05, 0) is 18.2 Å². The van der Waals surface area contributed by atoms with Gasteiger partial charge in [0.1, 0.15) is 5.69 Å². The number of rotatable bonds is 3. The van der Waals surface area contributed by atoms with Crippen LogP contribution in [0, 0.1) is 0 Å². The van der Waals surface area contributed by atoms with Gasteiger partial charge in [0.2, 0.25) is 0 Å². The van der Waals surface area contributed by atoms with Crippen molar-refractivity contribution in [3.05, 3.63) is 53.9 Å². The molecule has 1 aromatic carbocycles. The topological polar surface area (TPSA) is 62.5 Å². The van der Waals surface area contributed by atoms with E-state index in [9.17, 15) is 9.90 Å². The number of aromatic carboxylic acids is 1. The van der Waals surface area contributed by atoms with Crippen LogP contribution in [-0.4, -0.2) is 20.7 Å². The van der Waals surface area contributed by atoms with Crippen LogP contribution in [0.1, 0.15) is 16.1 Å². The molecule has 0 atom stereocenters. The molecule has 4 heteroatoms. The van der Waals surface area contributed by atoms with E-state index < -0.39 is 5.97 Å². The largest absolute Gasteiger partial charge is 0.477 e. The number of benzene rings is 1. The highest BCUT2D eigenvalue weighted by Crippen LogP contribution is 2.17. The summed E-state index contributed by atoms with van der Waals surface area (Å²) in [5, 5.41) is 18.2. The molecule has 2 aromatic rings. The van der Waals surface area contributed by atoms with Gasteiger partial charge in [-0.2, -0.15) is 0 Å². The van der Waals surface area contributed by atoms with Crippen LogP contribution < -0.4 is 0 Å². The number of aliphatic hydroxyl groups excluding tert-OH is 1. The van der Waals surface area contributed by atoms with Gasteiger partial charge in [0.15, 0.2) is 0 Å². The van der Waals surface area contributed by atoms with Crippen molar-refractivity contribution >= 4 is 5.97 Å². The Morgan fingerprint density at radius 1 is 1.19 bits per heavy atom. The molecule has 0 fully saturated rings. The minimum Gasteiger partial charge on any atom is -0.477 e. The summed E-state index contributed by atoms with van der Waals surface area (Å²) in [7, 11) is 0. The Kier molecular flexibility index (Phi) is 2.74. The van der Waals surface area contributed by atoms with Crippen molar-refractivity contribution in [2.45, 2.75) is 6.61 Å². The molecule has 0 saturated heterocycles. The molecular weight excluding hydrogens is 206 g/mol. The van der Waals surface area contributed by atoms with Gasteiger partial charge in [0.05, 0.1) is 12.3 Å². The summed E-state index contributed by atoms with van der Waals surface area (Å²) in [6.45, 7) is -0.118. The van der Waals surface area contributed by atoms with Crippen LogP contribution in [0.5, 0.6) is 0 Å². The lowest BCUT2D eigenvalue weighted by Gasteiger charge is -2.10. The molecule has 0 saturated carbocycles. The monoisotopic (exact) mass is 217 g/mol. The lowest BCUT2D eigenvalue weighted by atomic mass is 10.2. The van der Waals surface area contributed by atoms with E-state index in [2.05, 4.69) is 0 Å². The Labute approximate surface area is 92.4 Å². The molecule has 1 heterocycles. The second-order valence-corrected chi connectivity index (χ2v) is 3.36.